The van der Waals surface area contributed by atoms with Gasteiger partial charge in [0, 0.05) is 6.07 Å². The predicted molar refractivity (Wildman–Crippen MR) is 62.4 cm³/mol. The Balaban J connectivity index is 3.11. The zero-order valence-corrected chi connectivity index (χ0v) is 9.68. The maximum atomic E-state index is 10.5. The van der Waals surface area contributed by atoms with Crippen molar-refractivity contribution in [1.82, 2.24) is 4.98 Å². The van der Waals surface area contributed by atoms with E-state index in [0.29, 0.717) is 11.4 Å². The van der Waals surface area contributed by atoms with Crippen molar-refractivity contribution in [2.75, 3.05) is 12.1 Å². The number of methoxy groups -OCH3 is 1. The summed E-state index contributed by atoms with van der Waals surface area (Å²) >= 11 is 5.70. The highest BCUT2D eigenvalue weighted by Crippen LogP contribution is 2.28. The molecule has 0 aliphatic rings. The first-order valence-electron chi connectivity index (χ1n) is 4.39. The van der Waals surface area contributed by atoms with Crippen molar-refractivity contribution in [2.45, 2.75) is 0 Å². The van der Waals surface area contributed by atoms with Crippen molar-refractivity contribution in [3.8, 4) is 5.75 Å². The van der Waals surface area contributed by atoms with Gasteiger partial charge in [-0.05, 0) is 0 Å². The number of anilines is 1. The summed E-state index contributed by atoms with van der Waals surface area (Å²) in [6.07, 6.45) is 2.40. The third-order valence-corrected chi connectivity index (χ3v) is 2.04. The van der Waals surface area contributed by atoms with Crippen molar-refractivity contribution in [3.63, 3.8) is 0 Å². The summed E-state index contributed by atoms with van der Waals surface area (Å²) in [5, 5.41) is 9.80. The maximum Gasteiger partial charge on any atom is 0.353 e. The monoisotopic (exact) mass is 258 g/mol. The molecule has 1 rings (SSSR count). The molecule has 8 heteroatoms. The van der Waals surface area contributed by atoms with Crippen LogP contribution in [0, 0.1) is 0 Å². The van der Waals surface area contributed by atoms with E-state index < -0.39 is 11.7 Å². The van der Waals surface area contributed by atoms with Crippen molar-refractivity contribution in [3.05, 3.63) is 29.3 Å². The number of hydrogen-bond donors (Lipinski definition) is 3. The van der Waals surface area contributed by atoms with E-state index in [4.69, 9.17) is 33.0 Å². The smallest absolute Gasteiger partial charge is 0.353 e. The fourth-order valence-electron chi connectivity index (χ4n) is 1.04. The first-order chi connectivity index (χ1) is 7.95. The molecule has 0 unspecified atom stereocenters. The van der Waals surface area contributed by atoms with Gasteiger partial charge in [-0.25, -0.2) is 15.6 Å². The summed E-state index contributed by atoms with van der Waals surface area (Å²) in [6, 6.07) is 1.42. The van der Waals surface area contributed by atoms with Crippen molar-refractivity contribution < 1.29 is 14.6 Å². The third-order valence-electron chi connectivity index (χ3n) is 1.84. The molecule has 0 amide bonds. The molecule has 92 valence electrons. The molecule has 0 saturated heterocycles. The standard InChI is InChI=1S/C9H11ClN4O3/c1-17-7-3-13-8(10)2-6(7)14(12)4-5(11)9(15)16/h2-4H,11-12H2,1H3,(H,15,16)/b5-4-. The normalized spacial score (nSPS) is 11.1. The number of rotatable bonds is 4. The van der Waals surface area contributed by atoms with Gasteiger partial charge < -0.3 is 15.6 Å². The Hall–Kier alpha value is -1.99. The number of aromatic nitrogens is 1. The van der Waals surface area contributed by atoms with E-state index in [1.807, 2.05) is 0 Å². The highest BCUT2D eigenvalue weighted by Gasteiger charge is 2.11. The van der Waals surface area contributed by atoms with Crippen LogP contribution in [-0.2, 0) is 4.79 Å². The molecular weight excluding hydrogens is 248 g/mol. The Labute approximate surface area is 102 Å². The van der Waals surface area contributed by atoms with Crippen molar-refractivity contribution >= 4 is 23.3 Å². The van der Waals surface area contributed by atoms with Gasteiger partial charge in [0.2, 0.25) is 0 Å². The Morgan fingerprint density at radius 2 is 2.35 bits per heavy atom. The molecule has 0 aliphatic carbocycles. The summed E-state index contributed by atoms with van der Waals surface area (Å²) in [4.78, 5) is 14.3. The maximum absolute atomic E-state index is 10.5. The van der Waals surface area contributed by atoms with E-state index in [1.165, 1.54) is 19.4 Å². The van der Waals surface area contributed by atoms with Gasteiger partial charge in [-0.2, -0.15) is 0 Å². The van der Waals surface area contributed by atoms with Crippen LogP contribution in [0.3, 0.4) is 0 Å². The van der Waals surface area contributed by atoms with Gasteiger partial charge >= 0.3 is 5.97 Å². The van der Waals surface area contributed by atoms with E-state index >= 15 is 0 Å². The average molecular weight is 259 g/mol. The lowest BCUT2D eigenvalue weighted by Gasteiger charge is -2.17. The first-order valence-corrected chi connectivity index (χ1v) is 4.77. The van der Waals surface area contributed by atoms with Gasteiger partial charge in [-0.3, -0.25) is 5.01 Å². The number of hydrazine groups is 1. The Bertz CT molecular complexity index is 464. The Morgan fingerprint density at radius 1 is 1.71 bits per heavy atom. The molecule has 1 aromatic rings. The van der Waals surface area contributed by atoms with Gasteiger partial charge in [0.25, 0.3) is 0 Å². The quantitative estimate of drug-likeness (QED) is 0.308. The number of aliphatic carboxylic acids is 1. The number of ether oxygens (including phenoxy) is 1. The van der Waals surface area contributed by atoms with Crippen LogP contribution < -0.4 is 21.3 Å². The van der Waals surface area contributed by atoms with Crippen LogP contribution in [-0.4, -0.2) is 23.2 Å². The predicted octanol–water partition coefficient (Wildman–Crippen LogP) is 0.308. The molecule has 0 aliphatic heterocycles. The number of halogens is 1. The largest absolute Gasteiger partial charge is 0.493 e. The van der Waals surface area contributed by atoms with E-state index in [-0.39, 0.29) is 5.15 Å². The van der Waals surface area contributed by atoms with Gasteiger partial charge in [0.15, 0.2) is 5.75 Å². The lowest BCUT2D eigenvalue weighted by molar-refractivity contribution is -0.132. The van der Waals surface area contributed by atoms with Crippen LogP contribution in [0.25, 0.3) is 0 Å². The molecule has 1 aromatic heterocycles. The summed E-state index contributed by atoms with van der Waals surface area (Å²) in [5.74, 6) is 4.69. The first kappa shape index (κ1) is 13.1. The van der Waals surface area contributed by atoms with E-state index in [9.17, 15) is 4.79 Å². The van der Waals surface area contributed by atoms with Crippen LogP contribution in [0.1, 0.15) is 0 Å². The number of nitrogens with zero attached hydrogens (tertiary/aromatic N) is 2. The Kier molecular flexibility index (Phi) is 4.13. The Morgan fingerprint density at radius 3 is 2.88 bits per heavy atom. The number of carboxylic acid groups (broad SMARTS) is 1. The van der Waals surface area contributed by atoms with Gasteiger partial charge in [-0.15, -0.1) is 0 Å². The molecule has 0 saturated carbocycles. The molecule has 0 atom stereocenters. The van der Waals surface area contributed by atoms with Crippen LogP contribution in [0.5, 0.6) is 5.75 Å². The lowest BCUT2D eigenvalue weighted by atomic mass is 10.3. The third kappa shape index (κ3) is 3.23. The highest BCUT2D eigenvalue weighted by atomic mass is 35.5. The fourth-order valence-corrected chi connectivity index (χ4v) is 1.19. The second kappa shape index (κ2) is 5.37. The number of nitrogens with two attached hydrogens (primary N) is 2. The molecular formula is C9H11ClN4O3. The molecule has 0 bridgehead atoms. The molecule has 0 spiro atoms. The SMILES string of the molecule is COc1cnc(Cl)cc1N(N)/C=C(\N)C(=O)O. The zero-order valence-electron chi connectivity index (χ0n) is 8.92. The molecule has 17 heavy (non-hydrogen) atoms. The second-order valence-corrected chi connectivity index (χ2v) is 3.36. The van der Waals surface area contributed by atoms with Gasteiger partial charge in [0.1, 0.15) is 16.5 Å². The summed E-state index contributed by atoms with van der Waals surface area (Å²) in [7, 11) is 1.42. The minimum absolute atomic E-state index is 0.193. The van der Waals surface area contributed by atoms with E-state index in [2.05, 4.69) is 4.98 Å². The van der Waals surface area contributed by atoms with Crippen LogP contribution in [0.2, 0.25) is 5.15 Å². The van der Waals surface area contributed by atoms with Crippen LogP contribution in [0.15, 0.2) is 24.2 Å². The summed E-state index contributed by atoms with van der Waals surface area (Å²) < 4.78 is 5.00. The lowest BCUT2D eigenvalue weighted by Crippen LogP contribution is -2.28. The topological polar surface area (TPSA) is 115 Å². The highest BCUT2D eigenvalue weighted by molar-refractivity contribution is 6.29. The fraction of sp³-hybridized carbons (Fsp3) is 0.111. The number of carbonyl (C=O) groups is 1. The minimum Gasteiger partial charge on any atom is -0.493 e. The van der Waals surface area contributed by atoms with Crippen molar-refractivity contribution in [2.24, 2.45) is 11.6 Å². The number of hydrogen-bond acceptors (Lipinski definition) is 6. The average Bonchev–Trinajstić information content (AvgIpc) is 2.28. The molecule has 5 N–H and O–H groups in total. The molecule has 0 radical (unpaired) electrons. The number of carboxylic acids is 1. The summed E-state index contributed by atoms with van der Waals surface area (Å²) in [6.45, 7) is 0. The van der Waals surface area contributed by atoms with Crippen molar-refractivity contribution in [1.29, 1.82) is 0 Å². The zero-order chi connectivity index (χ0) is 13.0. The molecule has 0 fully saturated rings. The van der Waals surface area contributed by atoms with E-state index in [1.54, 1.807) is 0 Å². The minimum atomic E-state index is -1.28. The van der Waals surface area contributed by atoms with Crippen LogP contribution >= 0.6 is 11.6 Å². The molecule has 1 heterocycles. The van der Waals surface area contributed by atoms with Gasteiger partial charge in [-0.1, -0.05) is 11.6 Å². The second-order valence-electron chi connectivity index (χ2n) is 2.98. The number of pyridine rings is 1. The van der Waals surface area contributed by atoms with E-state index in [0.717, 1.165) is 11.2 Å². The van der Waals surface area contributed by atoms with Crippen LogP contribution in [0.4, 0.5) is 5.69 Å². The van der Waals surface area contributed by atoms with Gasteiger partial charge in [0.05, 0.1) is 19.5 Å². The molecule has 0 aromatic carbocycles. The summed E-state index contributed by atoms with van der Waals surface area (Å²) in [5.41, 5.74) is 5.16. The molecule has 7 nitrogen and oxygen atoms in total.